The van der Waals surface area contributed by atoms with Crippen LogP contribution in [0.2, 0.25) is 0 Å². The fraction of sp³-hybridized carbons (Fsp3) is 0.300. The zero-order valence-corrected chi connectivity index (χ0v) is 14.7. The van der Waals surface area contributed by atoms with E-state index in [4.69, 9.17) is 0 Å². The number of carbonyl (C=O) groups excluding carboxylic acids is 2. The van der Waals surface area contributed by atoms with Gasteiger partial charge in [0.25, 0.3) is 11.8 Å². The van der Waals surface area contributed by atoms with Crippen LogP contribution in [-0.4, -0.2) is 24.9 Å². The molecule has 0 saturated heterocycles. The number of benzene rings is 2. The molecule has 0 bridgehead atoms. The third-order valence-corrected chi connectivity index (χ3v) is 4.38. The van der Waals surface area contributed by atoms with E-state index >= 15 is 0 Å². The predicted molar refractivity (Wildman–Crippen MR) is 98.8 cm³/mol. The van der Waals surface area contributed by atoms with Crippen molar-refractivity contribution < 1.29 is 14.0 Å². The molecule has 2 aromatic carbocycles. The van der Waals surface area contributed by atoms with Crippen molar-refractivity contribution in [3.63, 3.8) is 0 Å². The summed E-state index contributed by atoms with van der Waals surface area (Å²) in [6, 6.07) is 9.82. The van der Waals surface area contributed by atoms with Gasteiger partial charge in [0, 0.05) is 24.2 Å². The lowest BCUT2D eigenvalue weighted by Crippen LogP contribution is -2.25. The van der Waals surface area contributed by atoms with Gasteiger partial charge in [-0.05, 0) is 54.8 Å². The van der Waals surface area contributed by atoms with E-state index in [0.29, 0.717) is 36.2 Å². The van der Waals surface area contributed by atoms with Gasteiger partial charge in [-0.1, -0.05) is 19.1 Å². The molecule has 0 saturated carbocycles. The molecule has 0 aromatic heterocycles. The number of anilines is 1. The smallest absolute Gasteiger partial charge is 0.255 e. The number of amides is 2. The van der Waals surface area contributed by atoms with E-state index in [0.717, 1.165) is 18.5 Å². The van der Waals surface area contributed by atoms with Crippen molar-refractivity contribution in [2.75, 3.05) is 18.4 Å². The number of hydrogen-bond donors (Lipinski definition) is 3. The molecule has 0 fully saturated rings. The SMILES string of the molecule is CCCNC(=O)c1cccc(C(=O)Nc2ccc3c(c2F)CCNC3)c1. The molecule has 3 rings (SSSR count). The first-order valence-electron chi connectivity index (χ1n) is 8.80. The lowest BCUT2D eigenvalue weighted by atomic mass is 9.99. The first-order valence-corrected chi connectivity index (χ1v) is 8.80. The number of nitrogens with one attached hydrogen (secondary N) is 3. The molecule has 0 spiro atoms. The van der Waals surface area contributed by atoms with Crippen molar-refractivity contribution in [3.8, 4) is 0 Å². The summed E-state index contributed by atoms with van der Waals surface area (Å²) in [6.45, 7) is 3.89. The monoisotopic (exact) mass is 355 g/mol. The van der Waals surface area contributed by atoms with Gasteiger partial charge in [-0.15, -0.1) is 0 Å². The molecule has 1 aliphatic rings. The highest BCUT2D eigenvalue weighted by atomic mass is 19.1. The second-order valence-corrected chi connectivity index (χ2v) is 6.28. The number of hydrogen-bond acceptors (Lipinski definition) is 3. The van der Waals surface area contributed by atoms with Gasteiger partial charge in [0.05, 0.1) is 5.69 Å². The Morgan fingerprint density at radius 2 is 1.92 bits per heavy atom. The lowest BCUT2D eigenvalue weighted by Gasteiger charge is -2.19. The summed E-state index contributed by atoms with van der Waals surface area (Å²) in [5.41, 5.74) is 2.45. The summed E-state index contributed by atoms with van der Waals surface area (Å²) in [5.74, 6) is -1.05. The summed E-state index contributed by atoms with van der Waals surface area (Å²) in [7, 11) is 0. The fourth-order valence-electron chi connectivity index (χ4n) is 2.97. The maximum atomic E-state index is 14.7. The molecule has 1 aliphatic heterocycles. The standard InChI is InChI=1S/C20H22FN3O2/c1-2-9-23-19(25)13-4-3-5-14(11-13)20(26)24-17-7-6-15-12-22-10-8-16(15)18(17)21/h3-7,11,22H,2,8-10,12H2,1H3,(H,23,25)(H,24,26). The highest BCUT2D eigenvalue weighted by Gasteiger charge is 2.18. The summed E-state index contributed by atoms with van der Waals surface area (Å²) >= 11 is 0. The van der Waals surface area contributed by atoms with Crippen LogP contribution in [0.3, 0.4) is 0 Å². The van der Waals surface area contributed by atoms with Crippen molar-refractivity contribution in [1.29, 1.82) is 0 Å². The first-order chi connectivity index (χ1) is 12.6. The Hall–Kier alpha value is -2.73. The van der Waals surface area contributed by atoms with E-state index in [2.05, 4.69) is 16.0 Å². The van der Waals surface area contributed by atoms with Gasteiger partial charge < -0.3 is 16.0 Å². The molecule has 1 heterocycles. The number of rotatable bonds is 5. The highest BCUT2D eigenvalue weighted by Crippen LogP contribution is 2.25. The van der Waals surface area contributed by atoms with Gasteiger partial charge in [-0.25, -0.2) is 4.39 Å². The minimum absolute atomic E-state index is 0.163. The Bertz CT molecular complexity index is 836. The molecular formula is C20H22FN3O2. The van der Waals surface area contributed by atoms with Crippen LogP contribution in [0, 0.1) is 5.82 Å². The van der Waals surface area contributed by atoms with Gasteiger partial charge in [0.2, 0.25) is 0 Å². The third-order valence-electron chi connectivity index (χ3n) is 4.38. The van der Waals surface area contributed by atoms with Crippen molar-refractivity contribution in [2.45, 2.75) is 26.3 Å². The molecule has 0 unspecified atom stereocenters. The van der Waals surface area contributed by atoms with E-state index in [-0.39, 0.29) is 17.4 Å². The summed E-state index contributed by atoms with van der Waals surface area (Å²) in [4.78, 5) is 24.5. The van der Waals surface area contributed by atoms with Crippen LogP contribution < -0.4 is 16.0 Å². The predicted octanol–water partition coefficient (Wildman–Crippen LogP) is 2.86. The second kappa shape index (κ2) is 8.10. The number of halogens is 1. The van der Waals surface area contributed by atoms with E-state index in [9.17, 15) is 14.0 Å². The van der Waals surface area contributed by atoms with E-state index in [1.807, 2.05) is 13.0 Å². The largest absolute Gasteiger partial charge is 0.352 e. The minimum Gasteiger partial charge on any atom is -0.352 e. The van der Waals surface area contributed by atoms with Gasteiger partial charge in [0.15, 0.2) is 0 Å². The Kier molecular flexibility index (Phi) is 5.63. The van der Waals surface area contributed by atoms with Crippen LogP contribution >= 0.6 is 0 Å². The molecule has 136 valence electrons. The quantitative estimate of drug-likeness (QED) is 0.772. The van der Waals surface area contributed by atoms with Crippen LogP contribution in [-0.2, 0) is 13.0 Å². The van der Waals surface area contributed by atoms with Crippen LogP contribution in [0.1, 0.15) is 45.2 Å². The van der Waals surface area contributed by atoms with Crippen molar-refractivity contribution >= 4 is 17.5 Å². The third kappa shape index (κ3) is 3.91. The minimum atomic E-state index is -0.442. The molecule has 0 aliphatic carbocycles. The Morgan fingerprint density at radius 3 is 2.69 bits per heavy atom. The number of carbonyl (C=O) groups is 2. The molecule has 26 heavy (non-hydrogen) atoms. The average Bonchev–Trinajstić information content (AvgIpc) is 2.68. The summed E-state index contributed by atoms with van der Waals surface area (Å²) in [5, 5.41) is 8.58. The summed E-state index contributed by atoms with van der Waals surface area (Å²) < 4.78 is 14.7. The maximum absolute atomic E-state index is 14.7. The Balaban J connectivity index is 1.77. The van der Waals surface area contributed by atoms with Gasteiger partial charge in [-0.3, -0.25) is 9.59 Å². The Morgan fingerprint density at radius 1 is 1.15 bits per heavy atom. The molecule has 3 N–H and O–H groups in total. The normalized spacial score (nSPS) is 13.0. The van der Waals surface area contributed by atoms with E-state index in [1.54, 1.807) is 24.3 Å². The molecule has 0 atom stereocenters. The average molecular weight is 355 g/mol. The molecule has 5 nitrogen and oxygen atoms in total. The molecule has 2 amide bonds. The molecule has 6 heteroatoms. The van der Waals surface area contributed by atoms with Crippen LogP contribution in [0.5, 0.6) is 0 Å². The topological polar surface area (TPSA) is 70.2 Å². The van der Waals surface area contributed by atoms with Crippen molar-refractivity contribution in [3.05, 3.63) is 64.5 Å². The van der Waals surface area contributed by atoms with E-state index in [1.165, 1.54) is 6.07 Å². The second-order valence-electron chi connectivity index (χ2n) is 6.28. The van der Waals surface area contributed by atoms with Crippen LogP contribution in [0.25, 0.3) is 0 Å². The van der Waals surface area contributed by atoms with Crippen LogP contribution in [0.15, 0.2) is 36.4 Å². The van der Waals surface area contributed by atoms with Crippen molar-refractivity contribution in [2.24, 2.45) is 0 Å². The first kappa shape index (κ1) is 18.1. The zero-order valence-electron chi connectivity index (χ0n) is 14.7. The van der Waals surface area contributed by atoms with Gasteiger partial charge >= 0.3 is 0 Å². The van der Waals surface area contributed by atoms with Crippen LogP contribution in [0.4, 0.5) is 10.1 Å². The fourth-order valence-corrected chi connectivity index (χ4v) is 2.97. The maximum Gasteiger partial charge on any atom is 0.255 e. The molecule has 2 aromatic rings. The van der Waals surface area contributed by atoms with E-state index < -0.39 is 5.91 Å². The van der Waals surface area contributed by atoms with Gasteiger partial charge in [0.1, 0.15) is 5.82 Å². The highest BCUT2D eigenvalue weighted by molar-refractivity contribution is 6.06. The molecular weight excluding hydrogens is 333 g/mol. The summed E-state index contributed by atoms with van der Waals surface area (Å²) in [6.07, 6.45) is 1.43. The molecule has 0 radical (unpaired) electrons. The zero-order chi connectivity index (χ0) is 18.5. The Labute approximate surface area is 152 Å². The van der Waals surface area contributed by atoms with Gasteiger partial charge in [-0.2, -0.15) is 0 Å². The lowest BCUT2D eigenvalue weighted by molar-refractivity contribution is 0.0953. The number of fused-ring (bicyclic) bond motifs is 1. The van der Waals surface area contributed by atoms with Crippen molar-refractivity contribution in [1.82, 2.24) is 10.6 Å².